The highest BCUT2D eigenvalue weighted by atomic mass is 35.5. The summed E-state index contributed by atoms with van der Waals surface area (Å²) in [5.74, 6) is 1.05. The summed E-state index contributed by atoms with van der Waals surface area (Å²) in [6.45, 7) is 8.46. The Kier molecular flexibility index (Phi) is 7.39. The van der Waals surface area contributed by atoms with Gasteiger partial charge in [0.15, 0.2) is 5.60 Å². The van der Waals surface area contributed by atoms with Gasteiger partial charge in [-0.25, -0.2) is 4.79 Å². The molecule has 0 aromatic heterocycles. The number of aryl methyl sites for hydroxylation is 1. The predicted molar refractivity (Wildman–Crippen MR) is 166 cm³/mol. The summed E-state index contributed by atoms with van der Waals surface area (Å²) >= 11 is 6.49. The first-order valence-corrected chi connectivity index (χ1v) is 14.9. The Morgan fingerprint density at radius 1 is 0.805 bits per heavy atom. The zero-order valence-corrected chi connectivity index (χ0v) is 24.6. The topological polar surface area (TPSA) is 50.8 Å². The maximum Gasteiger partial charge on any atom is 0.340 e. The standard InChI is InChI=1S/C35H35ClN2O3/c1-4-6-18-38(19-7-5-2)24-16-17-27-33(21-24)40-32-20-23(3)31(37-30-15-11-10-14-29(30)36)22-28(32)35(27)26-13-9-8-12-25(26)34(39)41-35/h8-17,20-22,37H,4-7,18-19H2,1-3H3. The molecule has 1 unspecified atom stereocenters. The second-order valence-electron chi connectivity index (χ2n) is 10.9. The highest BCUT2D eigenvalue weighted by Gasteiger charge is 2.53. The SMILES string of the molecule is CCCCN(CCCC)c1ccc2c(c1)Oc1cc(C)c(Nc3ccccc3Cl)cc1C21OC(=O)c2ccccc21. The van der Waals surface area contributed by atoms with Gasteiger partial charge in [-0.3, -0.25) is 0 Å². The van der Waals surface area contributed by atoms with E-state index in [0.29, 0.717) is 22.1 Å². The van der Waals surface area contributed by atoms with Crippen molar-refractivity contribution < 1.29 is 14.3 Å². The molecule has 0 amide bonds. The molecule has 0 bridgehead atoms. The predicted octanol–water partition coefficient (Wildman–Crippen LogP) is 9.37. The average Bonchev–Trinajstić information content (AvgIpc) is 3.27. The van der Waals surface area contributed by atoms with Crippen molar-refractivity contribution in [1.29, 1.82) is 0 Å². The van der Waals surface area contributed by atoms with Gasteiger partial charge in [0.1, 0.15) is 11.5 Å². The molecule has 41 heavy (non-hydrogen) atoms. The van der Waals surface area contributed by atoms with Crippen LogP contribution in [0.5, 0.6) is 11.5 Å². The summed E-state index contributed by atoms with van der Waals surface area (Å²) in [7, 11) is 0. The van der Waals surface area contributed by atoms with Crippen molar-refractivity contribution in [2.24, 2.45) is 0 Å². The maximum atomic E-state index is 13.4. The van der Waals surface area contributed by atoms with Gasteiger partial charge in [0, 0.05) is 47.2 Å². The van der Waals surface area contributed by atoms with Crippen molar-refractivity contribution in [3.8, 4) is 11.5 Å². The number of fused-ring (bicyclic) bond motifs is 6. The van der Waals surface area contributed by atoms with E-state index in [9.17, 15) is 4.79 Å². The normalized spacial score (nSPS) is 16.4. The van der Waals surface area contributed by atoms with Crippen LogP contribution in [-0.2, 0) is 10.3 Å². The van der Waals surface area contributed by atoms with E-state index in [-0.39, 0.29) is 5.97 Å². The number of carbonyl (C=O) groups is 1. The lowest BCUT2D eigenvalue weighted by atomic mass is 9.77. The summed E-state index contributed by atoms with van der Waals surface area (Å²) in [4.78, 5) is 15.8. The lowest BCUT2D eigenvalue weighted by molar-refractivity contribution is 0.0224. The number of hydrogen-bond donors (Lipinski definition) is 1. The third-order valence-corrected chi connectivity index (χ3v) is 8.44. The molecule has 210 valence electrons. The lowest BCUT2D eigenvalue weighted by Crippen LogP contribution is -2.33. The van der Waals surface area contributed by atoms with Crippen LogP contribution in [0.3, 0.4) is 0 Å². The number of halogens is 1. The minimum atomic E-state index is -1.13. The number of carbonyl (C=O) groups excluding carboxylic acids is 1. The number of ether oxygens (including phenoxy) is 2. The highest BCUT2D eigenvalue weighted by molar-refractivity contribution is 6.33. The van der Waals surface area contributed by atoms with Gasteiger partial charge in [0.25, 0.3) is 0 Å². The van der Waals surface area contributed by atoms with Crippen LogP contribution in [0.15, 0.2) is 78.9 Å². The number of esters is 1. The van der Waals surface area contributed by atoms with Crippen molar-refractivity contribution in [2.45, 2.75) is 52.1 Å². The second kappa shape index (κ2) is 11.1. The highest BCUT2D eigenvalue weighted by Crippen LogP contribution is 2.57. The fraction of sp³-hybridized carbons (Fsp3) is 0.286. The van der Waals surface area contributed by atoms with E-state index in [4.69, 9.17) is 21.1 Å². The number of para-hydroxylation sites is 1. The summed E-state index contributed by atoms with van der Waals surface area (Å²) in [6.07, 6.45) is 4.52. The smallest absolute Gasteiger partial charge is 0.340 e. The van der Waals surface area contributed by atoms with Crippen LogP contribution in [0.2, 0.25) is 5.02 Å². The third-order valence-electron chi connectivity index (χ3n) is 8.11. The van der Waals surface area contributed by atoms with Crippen molar-refractivity contribution >= 4 is 34.6 Å². The van der Waals surface area contributed by atoms with E-state index in [0.717, 1.165) is 78.1 Å². The van der Waals surface area contributed by atoms with Crippen LogP contribution < -0.4 is 15.0 Å². The van der Waals surface area contributed by atoms with E-state index < -0.39 is 5.60 Å². The first-order valence-electron chi connectivity index (χ1n) is 14.5. The van der Waals surface area contributed by atoms with Crippen molar-refractivity contribution in [3.05, 3.63) is 112 Å². The Morgan fingerprint density at radius 3 is 2.27 bits per heavy atom. The molecule has 2 heterocycles. The minimum absolute atomic E-state index is 0.336. The average molecular weight is 567 g/mol. The van der Waals surface area contributed by atoms with Gasteiger partial charge >= 0.3 is 5.97 Å². The van der Waals surface area contributed by atoms with Crippen LogP contribution in [0.4, 0.5) is 17.1 Å². The van der Waals surface area contributed by atoms with E-state index in [1.165, 1.54) is 0 Å². The summed E-state index contributed by atoms with van der Waals surface area (Å²) < 4.78 is 13.1. The lowest BCUT2D eigenvalue weighted by Gasteiger charge is -2.38. The van der Waals surface area contributed by atoms with Crippen LogP contribution in [0.25, 0.3) is 0 Å². The molecule has 0 saturated heterocycles. The zero-order chi connectivity index (χ0) is 28.6. The molecular formula is C35H35ClN2O3. The van der Waals surface area contributed by atoms with Crippen LogP contribution >= 0.6 is 11.6 Å². The van der Waals surface area contributed by atoms with Crippen molar-refractivity contribution in [2.75, 3.05) is 23.3 Å². The van der Waals surface area contributed by atoms with Crippen molar-refractivity contribution in [1.82, 2.24) is 0 Å². The Labute approximate surface area is 247 Å². The molecule has 4 aromatic carbocycles. The van der Waals surface area contributed by atoms with Crippen LogP contribution in [0, 0.1) is 6.92 Å². The number of unbranched alkanes of at least 4 members (excludes halogenated alkanes) is 2. The molecule has 0 radical (unpaired) electrons. The van der Waals surface area contributed by atoms with Gasteiger partial charge in [-0.1, -0.05) is 68.6 Å². The number of hydrogen-bond acceptors (Lipinski definition) is 5. The maximum absolute atomic E-state index is 13.4. The molecule has 6 rings (SSSR count). The Hall–Kier alpha value is -3.96. The van der Waals surface area contributed by atoms with Gasteiger partial charge in [-0.2, -0.15) is 0 Å². The molecule has 1 spiro atoms. The molecule has 1 N–H and O–H groups in total. The van der Waals surface area contributed by atoms with Gasteiger partial charge < -0.3 is 19.7 Å². The van der Waals surface area contributed by atoms with E-state index in [1.807, 2.05) is 67.6 Å². The summed E-state index contributed by atoms with van der Waals surface area (Å²) in [5, 5.41) is 4.11. The quantitative estimate of drug-likeness (QED) is 0.204. The fourth-order valence-electron chi connectivity index (χ4n) is 5.92. The number of nitrogens with zero attached hydrogens (tertiary/aromatic N) is 1. The molecule has 0 saturated carbocycles. The Bertz CT molecular complexity index is 1610. The molecule has 5 nitrogen and oxygen atoms in total. The first kappa shape index (κ1) is 27.2. The first-order chi connectivity index (χ1) is 20.0. The molecule has 2 aliphatic heterocycles. The number of benzene rings is 4. The molecule has 0 fully saturated rings. The number of anilines is 3. The van der Waals surface area contributed by atoms with Crippen LogP contribution in [-0.4, -0.2) is 19.1 Å². The fourth-order valence-corrected chi connectivity index (χ4v) is 6.10. The minimum Gasteiger partial charge on any atom is -0.456 e. The molecular weight excluding hydrogens is 532 g/mol. The molecule has 1 atom stereocenters. The van der Waals surface area contributed by atoms with Gasteiger partial charge in [-0.15, -0.1) is 0 Å². The molecule has 0 aliphatic carbocycles. The van der Waals surface area contributed by atoms with E-state index in [2.05, 4.69) is 42.3 Å². The van der Waals surface area contributed by atoms with E-state index >= 15 is 0 Å². The molecule has 6 heteroatoms. The second-order valence-corrected chi connectivity index (χ2v) is 11.3. The van der Waals surface area contributed by atoms with Gasteiger partial charge in [0.2, 0.25) is 0 Å². The Morgan fingerprint density at radius 2 is 1.51 bits per heavy atom. The van der Waals surface area contributed by atoms with E-state index in [1.54, 1.807) is 0 Å². The largest absolute Gasteiger partial charge is 0.456 e. The Balaban J connectivity index is 1.52. The number of nitrogens with one attached hydrogen (secondary N) is 1. The monoisotopic (exact) mass is 566 g/mol. The van der Waals surface area contributed by atoms with Gasteiger partial charge in [-0.05, 0) is 67.8 Å². The van der Waals surface area contributed by atoms with Crippen LogP contribution in [0.1, 0.15) is 72.1 Å². The molecule has 4 aromatic rings. The van der Waals surface area contributed by atoms with Crippen molar-refractivity contribution in [3.63, 3.8) is 0 Å². The number of rotatable bonds is 9. The zero-order valence-electron chi connectivity index (χ0n) is 23.8. The van der Waals surface area contributed by atoms with Gasteiger partial charge in [0.05, 0.1) is 16.3 Å². The molecule has 2 aliphatic rings. The summed E-state index contributed by atoms with van der Waals surface area (Å²) in [6, 6.07) is 25.7. The third kappa shape index (κ3) is 4.72. The summed E-state index contributed by atoms with van der Waals surface area (Å²) in [5.41, 5.74) is 5.66.